The Bertz CT molecular complexity index is 541. The molecule has 3 heteroatoms. The minimum Gasteiger partial charge on any atom is -0.393 e. The summed E-state index contributed by atoms with van der Waals surface area (Å²) >= 11 is 0. The van der Waals surface area contributed by atoms with Crippen LogP contribution in [-0.4, -0.2) is 30.2 Å². The fourth-order valence-electron chi connectivity index (χ4n) is 8.51. The van der Waals surface area contributed by atoms with Crippen LogP contribution in [-0.2, 0) is 9.47 Å². The molecule has 0 radical (unpaired) electrons. The van der Waals surface area contributed by atoms with Crippen LogP contribution in [0.1, 0.15) is 72.1 Å². The van der Waals surface area contributed by atoms with Crippen LogP contribution in [0.2, 0.25) is 0 Å². The van der Waals surface area contributed by atoms with E-state index in [4.69, 9.17) is 9.47 Å². The van der Waals surface area contributed by atoms with E-state index in [2.05, 4.69) is 20.8 Å². The van der Waals surface area contributed by atoms with Crippen LogP contribution < -0.4 is 0 Å². The van der Waals surface area contributed by atoms with Gasteiger partial charge in [-0.3, -0.25) is 0 Å². The van der Waals surface area contributed by atoms with Crippen molar-refractivity contribution in [1.29, 1.82) is 0 Å². The zero-order chi connectivity index (χ0) is 17.4. The van der Waals surface area contributed by atoms with Gasteiger partial charge in [0.15, 0.2) is 5.79 Å². The summed E-state index contributed by atoms with van der Waals surface area (Å²) < 4.78 is 12.3. The van der Waals surface area contributed by atoms with Crippen LogP contribution in [0.5, 0.6) is 0 Å². The molecule has 0 aromatic heterocycles. The van der Waals surface area contributed by atoms with E-state index in [1.807, 2.05) is 0 Å². The maximum Gasteiger partial charge on any atom is 0.171 e. The van der Waals surface area contributed by atoms with Crippen molar-refractivity contribution in [3.63, 3.8) is 0 Å². The molecule has 3 nitrogen and oxygen atoms in total. The summed E-state index contributed by atoms with van der Waals surface area (Å²) in [4.78, 5) is 0. The Morgan fingerprint density at radius 3 is 2.20 bits per heavy atom. The number of hydrogen-bond acceptors (Lipinski definition) is 3. The normalized spacial score (nSPS) is 57.1. The Morgan fingerprint density at radius 2 is 1.44 bits per heavy atom. The maximum atomic E-state index is 10.6. The lowest BCUT2D eigenvalue weighted by Gasteiger charge is -2.63. The van der Waals surface area contributed by atoms with Crippen LogP contribution in [0.3, 0.4) is 0 Å². The van der Waals surface area contributed by atoms with Gasteiger partial charge in [0.05, 0.1) is 19.3 Å². The fraction of sp³-hybridized carbons (Fsp3) is 1.00. The molecule has 5 aliphatic rings. The molecule has 0 aromatic carbocycles. The predicted molar refractivity (Wildman–Crippen MR) is 96.9 cm³/mol. The van der Waals surface area contributed by atoms with Crippen LogP contribution in [0.4, 0.5) is 0 Å². The molecule has 8 atom stereocenters. The molecule has 0 bridgehead atoms. The summed E-state index contributed by atoms with van der Waals surface area (Å²) in [7, 11) is 0. The third-order valence-corrected chi connectivity index (χ3v) is 9.98. The van der Waals surface area contributed by atoms with Crippen molar-refractivity contribution in [1.82, 2.24) is 0 Å². The van der Waals surface area contributed by atoms with E-state index in [9.17, 15) is 5.11 Å². The Morgan fingerprint density at radius 1 is 0.760 bits per heavy atom. The van der Waals surface area contributed by atoms with Gasteiger partial charge < -0.3 is 14.6 Å². The van der Waals surface area contributed by atoms with Gasteiger partial charge in [0.1, 0.15) is 0 Å². The molecule has 1 saturated heterocycles. The summed E-state index contributed by atoms with van der Waals surface area (Å²) in [5.41, 5.74) is 0.640. The lowest BCUT2D eigenvalue weighted by atomic mass is 9.43. The van der Waals surface area contributed by atoms with Gasteiger partial charge in [-0.1, -0.05) is 20.8 Å². The van der Waals surface area contributed by atoms with Gasteiger partial charge >= 0.3 is 0 Å². The molecule has 0 amide bonds. The molecular formula is C22H36O3. The predicted octanol–water partition coefficient (Wildman–Crippen LogP) is 4.38. The summed E-state index contributed by atoms with van der Waals surface area (Å²) in [6.45, 7) is 8.94. The van der Waals surface area contributed by atoms with Crippen molar-refractivity contribution >= 4 is 0 Å². The van der Waals surface area contributed by atoms with E-state index in [1.54, 1.807) is 0 Å². The molecule has 5 rings (SSSR count). The molecule has 1 aliphatic heterocycles. The van der Waals surface area contributed by atoms with Gasteiger partial charge in [-0.2, -0.15) is 0 Å². The van der Waals surface area contributed by atoms with Gasteiger partial charge in [-0.05, 0) is 79.4 Å². The van der Waals surface area contributed by atoms with Crippen LogP contribution in [0.15, 0.2) is 0 Å². The van der Waals surface area contributed by atoms with E-state index < -0.39 is 0 Å². The smallest absolute Gasteiger partial charge is 0.171 e. The number of aliphatic hydroxyl groups excluding tert-OH is 1. The SMILES string of the molecule is C[C@H]1[C@@H]2CC[C@@H]3[C@H](CC[C@]4(C)[C@@H](O)CC[C@@H]34)[C@@]2(C)CCC12OCCO2. The fourth-order valence-corrected chi connectivity index (χ4v) is 8.51. The molecule has 4 aliphatic carbocycles. The summed E-state index contributed by atoms with van der Waals surface area (Å²) in [5.74, 6) is 3.40. The minimum absolute atomic E-state index is 0.0576. The second-order valence-corrected chi connectivity index (χ2v) is 10.5. The standard InChI is InChI=1S/C22H36O3/c1-14-16-5-4-15-17-6-7-19(23)21(17,3)9-8-18(15)20(16,2)10-11-22(14)24-12-13-25-22/h14-19,23H,4-13H2,1-3H3/t14-,15-,16-,17-,18-,19-,20-,21-/m0/s1. The second-order valence-electron chi connectivity index (χ2n) is 10.5. The maximum absolute atomic E-state index is 10.6. The minimum atomic E-state index is -0.274. The highest BCUT2D eigenvalue weighted by atomic mass is 16.7. The zero-order valence-electron chi connectivity index (χ0n) is 16.3. The number of hydrogen-bond donors (Lipinski definition) is 1. The molecule has 5 fully saturated rings. The highest BCUT2D eigenvalue weighted by Gasteiger charge is 2.64. The highest BCUT2D eigenvalue weighted by Crippen LogP contribution is 2.68. The van der Waals surface area contributed by atoms with Crippen molar-refractivity contribution in [2.24, 2.45) is 40.4 Å². The van der Waals surface area contributed by atoms with Gasteiger partial charge in [0.2, 0.25) is 0 Å². The Hall–Kier alpha value is -0.120. The number of rotatable bonds is 0. The first kappa shape index (κ1) is 17.0. The summed E-state index contributed by atoms with van der Waals surface area (Å²) in [6.07, 6.45) is 9.81. The second kappa shape index (κ2) is 5.45. The molecule has 142 valence electrons. The third kappa shape index (κ3) is 2.09. The number of ether oxygens (including phenoxy) is 2. The van der Waals surface area contributed by atoms with Crippen molar-refractivity contribution in [3.05, 3.63) is 0 Å². The summed E-state index contributed by atoms with van der Waals surface area (Å²) in [6, 6.07) is 0. The summed E-state index contributed by atoms with van der Waals surface area (Å²) in [5, 5.41) is 10.6. The van der Waals surface area contributed by atoms with Gasteiger partial charge in [0.25, 0.3) is 0 Å². The quantitative estimate of drug-likeness (QED) is 0.706. The Kier molecular flexibility index (Phi) is 3.71. The van der Waals surface area contributed by atoms with Crippen LogP contribution in [0, 0.1) is 40.4 Å². The van der Waals surface area contributed by atoms with Gasteiger partial charge in [-0.15, -0.1) is 0 Å². The largest absolute Gasteiger partial charge is 0.393 e. The van der Waals surface area contributed by atoms with E-state index in [0.29, 0.717) is 11.3 Å². The lowest BCUT2D eigenvalue weighted by molar-refractivity contribution is -0.263. The first-order valence-electron chi connectivity index (χ1n) is 10.9. The topological polar surface area (TPSA) is 38.7 Å². The van der Waals surface area contributed by atoms with Crippen molar-refractivity contribution < 1.29 is 14.6 Å². The lowest BCUT2D eigenvalue weighted by Crippen LogP contribution is -2.59. The molecule has 1 heterocycles. The zero-order valence-corrected chi connectivity index (χ0v) is 16.3. The number of fused-ring (bicyclic) bond motifs is 5. The van der Waals surface area contributed by atoms with Crippen LogP contribution >= 0.6 is 0 Å². The molecule has 1 N–H and O–H groups in total. The highest BCUT2D eigenvalue weighted by molar-refractivity contribution is 5.11. The molecule has 1 spiro atoms. The molecular weight excluding hydrogens is 312 g/mol. The molecule has 0 unspecified atom stereocenters. The van der Waals surface area contributed by atoms with Crippen molar-refractivity contribution in [2.75, 3.05) is 13.2 Å². The van der Waals surface area contributed by atoms with Crippen LogP contribution in [0.25, 0.3) is 0 Å². The first-order chi connectivity index (χ1) is 11.9. The van der Waals surface area contributed by atoms with E-state index in [1.165, 1.54) is 38.5 Å². The monoisotopic (exact) mass is 348 g/mol. The first-order valence-corrected chi connectivity index (χ1v) is 10.9. The molecule has 25 heavy (non-hydrogen) atoms. The van der Waals surface area contributed by atoms with Crippen molar-refractivity contribution in [2.45, 2.75) is 84.0 Å². The average Bonchev–Trinajstić information content (AvgIpc) is 3.18. The Balaban J connectivity index is 1.44. The van der Waals surface area contributed by atoms with Gasteiger partial charge in [0, 0.05) is 12.3 Å². The van der Waals surface area contributed by atoms with E-state index >= 15 is 0 Å². The van der Waals surface area contributed by atoms with Gasteiger partial charge in [-0.25, -0.2) is 0 Å². The van der Waals surface area contributed by atoms with E-state index in [-0.39, 0.29) is 17.3 Å². The van der Waals surface area contributed by atoms with E-state index in [0.717, 1.165) is 49.7 Å². The number of aliphatic hydroxyl groups is 1. The third-order valence-electron chi connectivity index (χ3n) is 9.98. The average molecular weight is 349 g/mol. The van der Waals surface area contributed by atoms with Crippen molar-refractivity contribution in [3.8, 4) is 0 Å². The Labute approximate surface area is 152 Å². The molecule has 0 aromatic rings. The molecule has 4 saturated carbocycles.